The molecule has 1 aromatic heterocycles. The van der Waals surface area contributed by atoms with E-state index in [4.69, 9.17) is 10.5 Å². The Labute approximate surface area is 133 Å². The van der Waals surface area contributed by atoms with E-state index in [0.717, 1.165) is 10.6 Å². The van der Waals surface area contributed by atoms with Gasteiger partial charge in [-0.2, -0.15) is 0 Å². The zero-order chi connectivity index (χ0) is 15.4. The van der Waals surface area contributed by atoms with Crippen molar-refractivity contribution >= 4 is 17.2 Å². The normalized spacial score (nSPS) is 19.9. The first-order valence-electron chi connectivity index (χ1n) is 7.33. The van der Waals surface area contributed by atoms with Crippen LogP contribution in [0.15, 0.2) is 41.9 Å². The third kappa shape index (κ3) is 3.52. The average Bonchev–Trinajstić information content (AvgIpc) is 3.10. The Morgan fingerprint density at radius 1 is 1.45 bits per heavy atom. The van der Waals surface area contributed by atoms with E-state index in [0.29, 0.717) is 26.1 Å². The number of nitrogens with two attached hydrogens (primary N) is 1. The van der Waals surface area contributed by atoms with Crippen molar-refractivity contribution < 1.29 is 9.53 Å². The summed E-state index contributed by atoms with van der Waals surface area (Å²) in [5.74, 6) is 0.0706. The van der Waals surface area contributed by atoms with Crippen LogP contribution in [-0.4, -0.2) is 35.5 Å². The maximum Gasteiger partial charge on any atom is 0.224 e. The molecule has 1 amide bonds. The Kier molecular flexibility index (Phi) is 4.82. The van der Waals surface area contributed by atoms with E-state index in [9.17, 15) is 4.79 Å². The molecular formula is C16H19N3O2S. The van der Waals surface area contributed by atoms with Crippen molar-refractivity contribution in [2.75, 3.05) is 19.7 Å². The Morgan fingerprint density at radius 3 is 3.00 bits per heavy atom. The quantitative estimate of drug-likeness (QED) is 0.938. The zero-order valence-electron chi connectivity index (χ0n) is 12.2. The topological polar surface area (TPSA) is 68.5 Å². The van der Waals surface area contributed by atoms with Crippen LogP contribution in [0.2, 0.25) is 0 Å². The average molecular weight is 317 g/mol. The second-order valence-electron chi connectivity index (χ2n) is 5.29. The molecule has 2 N–H and O–H groups in total. The number of nitrogens with zero attached hydrogens (tertiary/aromatic N) is 2. The number of ether oxygens (including phenoxy) is 1. The lowest BCUT2D eigenvalue weighted by molar-refractivity contribution is -0.139. The molecule has 1 fully saturated rings. The zero-order valence-corrected chi connectivity index (χ0v) is 13.0. The molecule has 2 unspecified atom stereocenters. The predicted octanol–water partition coefficient (Wildman–Crippen LogP) is 2.13. The van der Waals surface area contributed by atoms with E-state index in [1.807, 2.05) is 40.6 Å². The van der Waals surface area contributed by atoms with Gasteiger partial charge in [-0.25, -0.2) is 4.98 Å². The number of hydrogen-bond donors (Lipinski definition) is 1. The number of carbonyl (C=O) groups excluding carboxylic acids is 1. The molecule has 0 bridgehead atoms. The van der Waals surface area contributed by atoms with E-state index in [-0.39, 0.29) is 18.1 Å². The summed E-state index contributed by atoms with van der Waals surface area (Å²) in [6.45, 7) is 1.70. The molecule has 6 heteroatoms. The number of hydrogen-bond acceptors (Lipinski definition) is 5. The highest BCUT2D eigenvalue weighted by Gasteiger charge is 2.27. The molecule has 3 rings (SSSR count). The molecule has 2 heterocycles. The molecule has 1 aliphatic rings. The molecular weight excluding hydrogens is 298 g/mol. The first kappa shape index (κ1) is 15.1. The molecule has 1 aromatic carbocycles. The highest BCUT2D eigenvalue weighted by molar-refractivity contribution is 7.09. The Hall–Kier alpha value is -1.76. The molecule has 0 spiro atoms. The molecule has 2 aromatic rings. The number of carbonyl (C=O) groups is 1. The van der Waals surface area contributed by atoms with Crippen LogP contribution in [0.3, 0.4) is 0 Å². The molecule has 22 heavy (non-hydrogen) atoms. The number of aromatic nitrogens is 1. The van der Waals surface area contributed by atoms with Crippen LogP contribution in [0.25, 0.3) is 0 Å². The summed E-state index contributed by atoms with van der Waals surface area (Å²) in [4.78, 5) is 18.6. The molecule has 0 aliphatic carbocycles. The number of benzene rings is 1. The van der Waals surface area contributed by atoms with Gasteiger partial charge in [0.25, 0.3) is 0 Å². The van der Waals surface area contributed by atoms with Gasteiger partial charge in [-0.05, 0) is 5.56 Å². The minimum atomic E-state index is -0.269. The summed E-state index contributed by atoms with van der Waals surface area (Å²) < 4.78 is 5.72. The van der Waals surface area contributed by atoms with Crippen LogP contribution in [0.4, 0.5) is 0 Å². The summed E-state index contributed by atoms with van der Waals surface area (Å²) in [7, 11) is 0. The van der Waals surface area contributed by atoms with E-state index < -0.39 is 0 Å². The van der Waals surface area contributed by atoms with Gasteiger partial charge in [0.2, 0.25) is 5.91 Å². The van der Waals surface area contributed by atoms with Crippen molar-refractivity contribution in [1.29, 1.82) is 0 Å². The molecule has 1 aliphatic heterocycles. The lowest BCUT2D eigenvalue weighted by atomic mass is 10.0. The van der Waals surface area contributed by atoms with Gasteiger partial charge in [-0.15, -0.1) is 11.3 Å². The summed E-state index contributed by atoms with van der Waals surface area (Å²) >= 11 is 1.56. The smallest absolute Gasteiger partial charge is 0.224 e. The summed E-state index contributed by atoms with van der Waals surface area (Å²) in [6, 6.07) is 9.46. The third-order valence-corrected chi connectivity index (χ3v) is 4.64. The fourth-order valence-electron chi connectivity index (χ4n) is 2.55. The Bertz CT molecular complexity index is 603. The lowest BCUT2D eigenvalue weighted by Crippen LogP contribution is -2.43. The van der Waals surface area contributed by atoms with Gasteiger partial charge in [0.15, 0.2) is 0 Å². The fourth-order valence-corrected chi connectivity index (χ4v) is 3.23. The van der Waals surface area contributed by atoms with Crippen LogP contribution in [0.5, 0.6) is 0 Å². The van der Waals surface area contributed by atoms with Crippen LogP contribution >= 0.6 is 11.3 Å². The number of thiazole rings is 1. The number of amides is 1. The van der Waals surface area contributed by atoms with Crippen molar-refractivity contribution in [3.63, 3.8) is 0 Å². The third-order valence-electron chi connectivity index (χ3n) is 3.77. The van der Waals surface area contributed by atoms with Crippen molar-refractivity contribution in [3.05, 3.63) is 52.5 Å². The Morgan fingerprint density at radius 2 is 2.27 bits per heavy atom. The standard InChI is InChI=1S/C16H19N3O2S/c17-13(12-4-2-1-3-5-12)10-15(20)19-7-8-21-14(11-19)16-18-6-9-22-16/h1-6,9,13-14H,7-8,10-11,17H2. The van der Waals surface area contributed by atoms with E-state index in [1.165, 1.54) is 0 Å². The highest BCUT2D eigenvalue weighted by atomic mass is 32.1. The monoisotopic (exact) mass is 317 g/mol. The SMILES string of the molecule is NC(CC(=O)N1CCOC(c2nccs2)C1)c1ccccc1. The van der Waals surface area contributed by atoms with Crippen LogP contribution < -0.4 is 5.73 Å². The second-order valence-corrected chi connectivity index (χ2v) is 6.22. The van der Waals surface area contributed by atoms with E-state index in [2.05, 4.69) is 4.98 Å². The van der Waals surface area contributed by atoms with Crippen LogP contribution in [0, 0.1) is 0 Å². The van der Waals surface area contributed by atoms with Crippen molar-refractivity contribution in [2.45, 2.75) is 18.6 Å². The summed E-state index contributed by atoms with van der Waals surface area (Å²) in [6.07, 6.45) is 1.95. The first-order valence-corrected chi connectivity index (χ1v) is 8.21. The second kappa shape index (κ2) is 7.00. The molecule has 5 nitrogen and oxygen atoms in total. The van der Waals surface area contributed by atoms with Gasteiger partial charge in [-0.3, -0.25) is 4.79 Å². The van der Waals surface area contributed by atoms with E-state index in [1.54, 1.807) is 17.5 Å². The highest BCUT2D eigenvalue weighted by Crippen LogP contribution is 2.25. The van der Waals surface area contributed by atoms with Gasteiger partial charge in [-0.1, -0.05) is 30.3 Å². The van der Waals surface area contributed by atoms with Gasteiger partial charge in [0.1, 0.15) is 11.1 Å². The number of rotatable bonds is 4. The van der Waals surface area contributed by atoms with Gasteiger partial charge in [0, 0.05) is 30.6 Å². The minimum absolute atomic E-state index is 0.0706. The minimum Gasteiger partial charge on any atom is -0.367 e. The maximum atomic E-state index is 12.5. The molecule has 0 radical (unpaired) electrons. The lowest BCUT2D eigenvalue weighted by Gasteiger charge is -2.32. The van der Waals surface area contributed by atoms with Gasteiger partial charge < -0.3 is 15.4 Å². The largest absolute Gasteiger partial charge is 0.367 e. The Balaban J connectivity index is 1.60. The van der Waals surface area contributed by atoms with Crippen molar-refractivity contribution in [3.8, 4) is 0 Å². The molecule has 116 valence electrons. The summed E-state index contributed by atoms with van der Waals surface area (Å²) in [5.41, 5.74) is 7.13. The summed E-state index contributed by atoms with van der Waals surface area (Å²) in [5, 5.41) is 2.84. The van der Waals surface area contributed by atoms with Crippen molar-refractivity contribution in [1.82, 2.24) is 9.88 Å². The fraction of sp³-hybridized carbons (Fsp3) is 0.375. The molecule has 1 saturated heterocycles. The van der Waals surface area contributed by atoms with E-state index >= 15 is 0 Å². The molecule has 2 atom stereocenters. The van der Waals surface area contributed by atoms with Crippen LogP contribution in [-0.2, 0) is 9.53 Å². The number of morpholine rings is 1. The predicted molar refractivity (Wildman–Crippen MR) is 85.4 cm³/mol. The van der Waals surface area contributed by atoms with Gasteiger partial charge in [0.05, 0.1) is 13.2 Å². The van der Waals surface area contributed by atoms with Gasteiger partial charge >= 0.3 is 0 Å². The molecule has 0 saturated carbocycles. The van der Waals surface area contributed by atoms with Crippen LogP contribution in [0.1, 0.15) is 29.1 Å². The maximum absolute atomic E-state index is 12.5. The first-order chi connectivity index (χ1) is 10.7. The van der Waals surface area contributed by atoms with Crippen molar-refractivity contribution in [2.24, 2.45) is 5.73 Å².